The number of rotatable bonds is 3. The monoisotopic (exact) mass is 276 g/mol. The van der Waals surface area contributed by atoms with Crippen molar-refractivity contribution in [3.05, 3.63) is 65.2 Å². The van der Waals surface area contributed by atoms with E-state index in [0.29, 0.717) is 0 Å². The molecule has 104 valence electrons. The van der Waals surface area contributed by atoms with E-state index in [1.54, 1.807) is 19.1 Å². The number of nitrogens with one attached hydrogen (secondary N) is 1. The van der Waals surface area contributed by atoms with Crippen LogP contribution in [0.3, 0.4) is 0 Å². The number of nitrogen functional groups attached to an aromatic ring is 1. The lowest BCUT2D eigenvalue weighted by Crippen LogP contribution is -2.27. The van der Waals surface area contributed by atoms with E-state index < -0.39 is 11.7 Å². The van der Waals surface area contributed by atoms with Crippen LogP contribution >= 0.6 is 0 Å². The summed E-state index contributed by atoms with van der Waals surface area (Å²) in [5.74, 6) is -1.56. The van der Waals surface area contributed by atoms with Crippen molar-refractivity contribution >= 4 is 11.6 Å². The quantitative estimate of drug-likeness (QED) is 0.847. The molecule has 3 N–H and O–H groups in total. The molecule has 0 spiro atoms. The lowest BCUT2D eigenvalue weighted by atomic mass is 10.1. The minimum atomic E-state index is -0.672. The zero-order valence-electron chi connectivity index (χ0n) is 10.9. The number of carbonyl (C=O) groups excluding carboxylic acids is 1. The maximum absolute atomic E-state index is 13.6. The highest BCUT2D eigenvalue weighted by molar-refractivity contribution is 5.95. The van der Waals surface area contributed by atoms with Gasteiger partial charge in [0.25, 0.3) is 5.91 Å². The van der Waals surface area contributed by atoms with E-state index in [9.17, 15) is 13.6 Å². The SMILES string of the molecule is C[C@@H](NC(=O)c1ccc(N)cc1F)c1ccc(F)cc1. The minimum Gasteiger partial charge on any atom is -0.399 e. The van der Waals surface area contributed by atoms with Crippen LogP contribution in [0.5, 0.6) is 0 Å². The predicted molar refractivity (Wildman–Crippen MR) is 73.1 cm³/mol. The summed E-state index contributed by atoms with van der Waals surface area (Å²) in [6, 6.07) is 9.28. The van der Waals surface area contributed by atoms with E-state index in [-0.39, 0.29) is 23.1 Å². The molecule has 0 aliphatic carbocycles. The molecule has 0 bridgehead atoms. The fraction of sp³-hybridized carbons (Fsp3) is 0.133. The molecule has 0 aromatic heterocycles. The summed E-state index contributed by atoms with van der Waals surface area (Å²) in [7, 11) is 0. The van der Waals surface area contributed by atoms with E-state index in [1.165, 1.54) is 24.3 Å². The molecule has 0 fully saturated rings. The number of carbonyl (C=O) groups is 1. The van der Waals surface area contributed by atoms with Crippen LogP contribution in [0.2, 0.25) is 0 Å². The Labute approximate surface area is 115 Å². The van der Waals surface area contributed by atoms with E-state index in [0.717, 1.165) is 11.6 Å². The van der Waals surface area contributed by atoms with Gasteiger partial charge in [0.15, 0.2) is 0 Å². The normalized spacial score (nSPS) is 11.9. The van der Waals surface area contributed by atoms with Crippen molar-refractivity contribution in [1.29, 1.82) is 0 Å². The van der Waals surface area contributed by atoms with Gasteiger partial charge in [-0.25, -0.2) is 8.78 Å². The molecule has 0 unspecified atom stereocenters. The first-order valence-electron chi connectivity index (χ1n) is 6.08. The number of benzene rings is 2. The van der Waals surface area contributed by atoms with Crippen molar-refractivity contribution in [2.75, 3.05) is 5.73 Å². The lowest BCUT2D eigenvalue weighted by Gasteiger charge is -2.14. The van der Waals surface area contributed by atoms with Crippen LogP contribution in [-0.2, 0) is 0 Å². The van der Waals surface area contributed by atoms with Gasteiger partial charge < -0.3 is 11.1 Å². The summed E-state index contributed by atoms with van der Waals surface area (Å²) in [6.07, 6.45) is 0. The number of anilines is 1. The molecule has 0 aliphatic heterocycles. The van der Waals surface area contributed by atoms with Crippen LogP contribution in [0.1, 0.15) is 28.9 Å². The largest absolute Gasteiger partial charge is 0.399 e. The van der Waals surface area contributed by atoms with Gasteiger partial charge in [-0.15, -0.1) is 0 Å². The van der Waals surface area contributed by atoms with Crippen molar-refractivity contribution in [2.45, 2.75) is 13.0 Å². The summed E-state index contributed by atoms with van der Waals surface area (Å²) in [4.78, 5) is 12.0. The first kappa shape index (κ1) is 14.0. The number of hydrogen-bond donors (Lipinski definition) is 2. The van der Waals surface area contributed by atoms with Crippen molar-refractivity contribution in [2.24, 2.45) is 0 Å². The smallest absolute Gasteiger partial charge is 0.254 e. The summed E-state index contributed by atoms with van der Waals surface area (Å²) in [5, 5.41) is 2.65. The van der Waals surface area contributed by atoms with Crippen molar-refractivity contribution in [3.8, 4) is 0 Å². The van der Waals surface area contributed by atoms with Crippen LogP contribution in [0, 0.1) is 11.6 Å². The van der Waals surface area contributed by atoms with Gasteiger partial charge >= 0.3 is 0 Å². The second-order valence-corrected chi connectivity index (χ2v) is 4.49. The Morgan fingerprint density at radius 2 is 1.80 bits per heavy atom. The maximum Gasteiger partial charge on any atom is 0.254 e. The summed E-state index contributed by atoms with van der Waals surface area (Å²) in [6.45, 7) is 1.74. The number of halogens is 2. The van der Waals surface area contributed by atoms with E-state index in [1.807, 2.05) is 0 Å². The minimum absolute atomic E-state index is 0.0758. The van der Waals surface area contributed by atoms with Crippen LogP contribution in [0.4, 0.5) is 14.5 Å². The highest BCUT2D eigenvalue weighted by Gasteiger charge is 2.15. The Morgan fingerprint density at radius 3 is 2.40 bits per heavy atom. The number of nitrogens with two attached hydrogens (primary N) is 1. The molecule has 5 heteroatoms. The summed E-state index contributed by atoms with van der Waals surface area (Å²) in [5.41, 5.74) is 6.34. The van der Waals surface area contributed by atoms with Crippen molar-refractivity contribution < 1.29 is 13.6 Å². The van der Waals surface area contributed by atoms with Gasteiger partial charge in [0.1, 0.15) is 11.6 Å². The summed E-state index contributed by atoms with van der Waals surface area (Å²) < 4.78 is 26.4. The lowest BCUT2D eigenvalue weighted by molar-refractivity contribution is 0.0936. The zero-order valence-corrected chi connectivity index (χ0v) is 10.9. The van der Waals surface area contributed by atoms with Gasteiger partial charge in [0.05, 0.1) is 11.6 Å². The third-order valence-electron chi connectivity index (χ3n) is 2.96. The highest BCUT2D eigenvalue weighted by atomic mass is 19.1. The molecule has 0 aliphatic rings. The molecule has 20 heavy (non-hydrogen) atoms. The summed E-state index contributed by atoms with van der Waals surface area (Å²) >= 11 is 0. The standard InChI is InChI=1S/C15H14F2N2O/c1-9(10-2-4-11(16)5-3-10)19-15(20)13-7-6-12(18)8-14(13)17/h2-9H,18H2,1H3,(H,19,20)/t9-/m1/s1. The number of hydrogen-bond acceptors (Lipinski definition) is 2. The second-order valence-electron chi connectivity index (χ2n) is 4.49. The zero-order chi connectivity index (χ0) is 14.7. The Morgan fingerprint density at radius 1 is 1.15 bits per heavy atom. The molecule has 2 aromatic rings. The molecule has 0 saturated heterocycles. The number of amides is 1. The fourth-order valence-electron chi connectivity index (χ4n) is 1.82. The van der Waals surface area contributed by atoms with Crippen LogP contribution in [0.25, 0.3) is 0 Å². The molecule has 1 amide bonds. The molecule has 0 radical (unpaired) electrons. The van der Waals surface area contributed by atoms with Gasteiger partial charge in [0.2, 0.25) is 0 Å². The average molecular weight is 276 g/mol. The maximum atomic E-state index is 13.6. The Hall–Kier alpha value is -2.43. The van der Waals surface area contributed by atoms with Crippen molar-refractivity contribution in [1.82, 2.24) is 5.32 Å². The highest BCUT2D eigenvalue weighted by Crippen LogP contribution is 2.16. The molecular weight excluding hydrogens is 262 g/mol. The van der Waals surface area contributed by atoms with Gasteiger partial charge in [-0.2, -0.15) is 0 Å². The predicted octanol–water partition coefficient (Wildman–Crippen LogP) is 3.04. The van der Waals surface area contributed by atoms with Crippen LogP contribution in [-0.4, -0.2) is 5.91 Å². The topological polar surface area (TPSA) is 55.1 Å². The molecule has 0 saturated carbocycles. The molecule has 2 rings (SSSR count). The van der Waals surface area contributed by atoms with Gasteiger partial charge in [-0.3, -0.25) is 4.79 Å². The molecule has 3 nitrogen and oxygen atoms in total. The second kappa shape index (κ2) is 5.69. The fourth-order valence-corrected chi connectivity index (χ4v) is 1.82. The van der Waals surface area contributed by atoms with E-state index >= 15 is 0 Å². The van der Waals surface area contributed by atoms with Gasteiger partial charge in [-0.05, 0) is 42.8 Å². The third kappa shape index (κ3) is 3.12. The molecular formula is C15H14F2N2O. The Balaban J connectivity index is 2.13. The van der Waals surface area contributed by atoms with Crippen LogP contribution < -0.4 is 11.1 Å². The van der Waals surface area contributed by atoms with E-state index in [2.05, 4.69) is 5.32 Å². The Bertz CT molecular complexity index is 626. The van der Waals surface area contributed by atoms with E-state index in [4.69, 9.17) is 5.73 Å². The van der Waals surface area contributed by atoms with Crippen molar-refractivity contribution in [3.63, 3.8) is 0 Å². The van der Waals surface area contributed by atoms with Gasteiger partial charge in [0, 0.05) is 5.69 Å². The third-order valence-corrected chi connectivity index (χ3v) is 2.96. The van der Waals surface area contributed by atoms with Gasteiger partial charge in [-0.1, -0.05) is 12.1 Å². The first-order valence-corrected chi connectivity index (χ1v) is 6.08. The van der Waals surface area contributed by atoms with Crippen LogP contribution in [0.15, 0.2) is 42.5 Å². The molecule has 1 atom stereocenters. The molecule has 2 aromatic carbocycles. The average Bonchev–Trinajstić information content (AvgIpc) is 2.39. The first-order chi connectivity index (χ1) is 9.47. The Kier molecular flexibility index (Phi) is 3.98. The molecule has 0 heterocycles.